The molecule has 0 radical (unpaired) electrons. The SMILES string of the molecule is NS(=O)(=O)c1ccc(Oc2cc(F)cc(F)c2)c(Cl)c1. The van der Waals surface area contributed by atoms with Crippen molar-refractivity contribution < 1.29 is 21.9 Å². The Labute approximate surface area is 118 Å². The Bertz CT molecular complexity index is 745. The van der Waals surface area contributed by atoms with Crippen LogP contribution in [-0.2, 0) is 10.0 Å². The molecule has 20 heavy (non-hydrogen) atoms. The van der Waals surface area contributed by atoms with Crippen molar-refractivity contribution in [2.45, 2.75) is 4.90 Å². The van der Waals surface area contributed by atoms with Crippen LogP contribution in [0.1, 0.15) is 0 Å². The standard InChI is InChI=1S/C12H8ClF2NO3S/c13-11-6-10(20(16,17)18)1-2-12(11)19-9-4-7(14)3-8(15)5-9/h1-6H,(H2,16,17,18). The molecule has 0 bridgehead atoms. The van der Waals surface area contributed by atoms with Gasteiger partial charge in [-0.2, -0.15) is 0 Å². The quantitative estimate of drug-likeness (QED) is 0.945. The molecule has 0 saturated heterocycles. The van der Waals surface area contributed by atoms with E-state index < -0.39 is 21.7 Å². The lowest BCUT2D eigenvalue weighted by molar-refractivity contribution is 0.468. The predicted octanol–water partition coefficient (Wildman–Crippen LogP) is 3.06. The van der Waals surface area contributed by atoms with Crippen molar-refractivity contribution in [3.8, 4) is 11.5 Å². The molecular weight excluding hydrogens is 312 g/mol. The molecule has 0 unspecified atom stereocenters. The first kappa shape index (κ1) is 14.7. The van der Waals surface area contributed by atoms with E-state index in [1.807, 2.05) is 0 Å². The number of rotatable bonds is 3. The molecule has 0 heterocycles. The molecule has 8 heteroatoms. The first-order chi connectivity index (χ1) is 9.25. The lowest BCUT2D eigenvalue weighted by Gasteiger charge is -2.09. The number of hydrogen-bond donors (Lipinski definition) is 1. The molecule has 0 fully saturated rings. The van der Waals surface area contributed by atoms with Gasteiger partial charge in [0.25, 0.3) is 0 Å². The summed E-state index contributed by atoms with van der Waals surface area (Å²) >= 11 is 5.83. The fourth-order valence-electron chi connectivity index (χ4n) is 1.46. The number of benzene rings is 2. The van der Waals surface area contributed by atoms with Gasteiger partial charge in [0.2, 0.25) is 10.0 Å². The second-order valence-corrected chi connectivity index (χ2v) is 5.81. The van der Waals surface area contributed by atoms with E-state index in [0.29, 0.717) is 6.07 Å². The number of ether oxygens (including phenoxy) is 1. The van der Waals surface area contributed by atoms with Gasteiger partial charge in [-0.15, -0.1) is 0 Å². The van der Waals surface area contributed by atoms with Gasteiger partial charge in [0.05, 0.1) is 9.92 Å². The zero-order chi connectivity index (χ0) is 14.9. The van der Waals surface area contributed by atoms with Crippen LogP contribution in [0.5, 0.6) is 11.5 Å². The van der Waals surface area contributed by atoms with Crippen molar-refractivity contribution in [2.24, 2.45) is 5.14 Å². The lowest BCUT2D eigenvalue weighted by Crippen LogP contribution is -2.11. The molecule has 2 N–H and O–H groups in total. The smallest absolute Gasteiger partial charge is 0.238 e. The Hall–Kier alpha value is -1.70. The summed E-state index contributed by atoms with van der Waals surface area (Å²) in [5.74, 6) is -1.67. The van der Waals surface area contributed by atoms with Crippen molar-refractivity contribution in [3.05, 3.63) is 53.1 Å². The Kier molecular flexibility index (Phi) is 3.94. The summed E-state index contributed by atoms with van der Waals surface area (Å²) in [4.78, 5) is -0.194. The Morgan fingerprint density at radius 2 is 1.65 bits per heavy atom. The van der Waals surface area contributed by atoms with Crippen LogP contribution >= 0.6 is 11.6 Å². The fraction of sp³-hybridized carbons (Fsp3) is 0. The Morgan fingerprint density at radius 3 is 2.15 bits per heavy atom. The van der Waals surface area contributed by atoms with Gasteiger partial charge in [0, 0.05) is 18.2 Å². The van der Waals surface area contributed by atoms with E-state index in [9.17, 15) is 17.2 Å². The number of nitrogens with two attached hydrogens (primary N) is 1. The van der Waals surface area contributed by atoms with Gasteiger partial charge in [-0.1, -0.05) is 11.6 Å². The molecule has 4 nitrogen and oxygen atoms in total. The van der Waals surface area contributed by atoms with Crippen LogP contribution in [0.4, 0.5) is 8.78 Å². The van der Waals surface area contributed by atoms with E-state index >= 15 is 0 Å². The topological polar surface area (TPSA) is 69.4 Å². The highest BCUT2D eigenvalue weighted by Gasteiger charge is 2.12. The van der Waals surface area contributed by atoms with E-state index in [1.54, 1.807) is 0 Å². The van der Waals surface area contributed by atoms with Crippen LogP contribution in [0.15, 0.2) is 41.3 Å². The van der Waals surface area contributed by atoms with Gasteiger partial charge in [-0.25, -0.2) is 22.3 Å². The van der Waals surface area contributed by atoms with Gasteiger partial charge < -0.3 is 4.74 Å². The summed E-state index contributed by atoms with van der Waals surface area (Å²) in [5, 5.41) is 4.89. The van der Waals surface area contributed by atoms with Crippen molar-refractivity contribution in [1.82, 2.24) is 0 Å². The number of sulfonamides is 1. The number of hydrogen-bond acceptors (Lipinski definition) is 3. The van der Waals surface area contributed by atoms with Gasteiger partial charge in [0.1, 0.15) is 23.1 Å². The Balaban J connectivity index is 2.35. The van der Waals surface area contributed by atoms with Crippen LogP contribution in [0.3, 0.4) is 0 Å². The van der Waals surface area contributed by atoms with E-state index in [4.69, 9.17) is 21.5 Å². The number of halogens is 3. The summed E-state index contributed by atoms with van der Waals surface area (Å²) in [6.07, 6.45) is 0. The Morgan fingerprint density at radius 1 is 1.05 bits per heavy atom. The molecule has 2 aromatic rings. The highest BCUT2D eigenvalue weighted by molar-refractivity contribution is 7.89. The van der Waals surface area contributed by atoms with E-state index in [1.165, 1.54) is 12.1 Å². The third-order valence-corrected chi connectivity index (χ3v) is 3.50. The minimum absolute atomic E-state index is 0.0454. The van der Waals surface area contributed by atoms with Crippen LogP contribution in [-0.4, -0.2) is 8.42 Å². The average molecular weight is 320 g/mol. The molecule has 0 saturated carbocycles. The maximum absolute atomic E-state index is 13.0. The van der Waals surface area contributed by atoms with E-state index in [2.05, 4.69) is 0 Å². The fourth-order valence-corrected chi connectivity index (χ4v) is 2.28. The highest BCUT2D eigenvalue weighted by Crippen LogP contribution is 2.31. The molecule has 0 aliphatic rings. The highest BCUT2D eigenvalue weighted by atomic mass is 35.5. The zero-order valence-corrected chi connectivity index (χ0v) is 11.4. The molecule has 0 aliphatic carbocycles. The van der Waals surface area contributed by atoms with Crippen molar-refractivity contribution in [1.29, 1.82) is 0 Å². The minimum atomic E-state index is -3.89. The molecule has 0 atom stereocenters. The zero-order valence-electron chi connectivity index (χ0n) is 9.81. The predicted molar refractivity (Wildman–Crippen MR) is 69.3 cm³/mol. The van der Waals surface area contributed by atoms with Crippen LogP contribution in [0.2, 0.25) is 5.02 Å². The first-order valence-electron chi connectivity index (χ1n) is 5.22. The molecule has 0 aliphatic heterocycles. The van der Waals surface area contributed by atoms with E-state index in [0.717, 1.165) is 18.2 Å². The summed E-state index contributed by atoms with van der Waals surface area (Å²) < 4.78 is 53.4. The molecule has 0 aromatic heterocycles. The average Bonchev–Trinajstić information content (AvgIpc) is 2.29. The third-order valence-electron chi connectivity index (χ3n) is 2.30. The minimum Gasteiger partial charge on any atom is -0.456 e. The summed E-state index contributed by atoms with van der Waals surface area (Å²) in [6.45, 7) is 0. The first-order valence-corrected chi connectivity index (χ1v) is 7.14. The summed E-state index contributed by atoms with van der Waals surface area (Å²) in [6, 6.07) is 6.12. The van der Waals surface area contributed by atoms with Gasteiger partial charge in [0.15, 0.2) is 0 Å². The van der Waals surface area contributed by atoms with Gasteiger partial charge in [-0.05, 0) is 18.2 Å². The molecule has 2 aromatic carbocycles. The van der Waals surface area contributed by atoms with Gasteiger partial charge >= 0.3 is 0 Å². The van der Waals surface area contributed by atoms with E-state index in [-0.39, 0.29) is 21.4 Å². The molecule has 2 rings (SSSR count). The third kappa shape index (κ3) is 3.44. The van der Waals surface area contributed by atoms with Crippen molar-refractivity contribution in [2.75, 3.05) is 0 Å². The molecular formula is C12H8ClF2NO3S. The van der Waals surface area contributed by atoms with Crippen LogP contribution in [0.25, 0.3) is 0 Å². The maximum Gasteiger partial charge on any atom is 0.238 e. The molecule has 0 spiro atoms. The lowest BCUT2D eigenvalue weighted by atomic mass is 10.3. The maximum atomic E-state index is 13.0. The van der Waals surface area contributed by atoms with Crippen molar-refractivity contribution in [3.63, 3.8) is 0 Å². The monoisotopic (exact) mass is 319 g/mol. The second kappa shape index (κ2) is 5.35. The van der Waals surface area contributed by atoms with Crippen LogP contribution < -0.4 is 9.88 Å². The van der Waals surface area contributed by atoms with Gasteiger partial charge in [-0.3, -0.25) is 0 Å². The summed E-state index contributed by atoms with van der Waals surface area (Å²) in [5.41, 5.74) is 0. The molecule has 106 valence electrons. The second-order valence-electron chi connectivity index (χ2n) is 3.84. The molecule has 0 amide bonds. The summed E-state index contributed by atoms with van der Waals surface area (Å²) in [7, 11) is -3.89. The normalized spacial score (nSPS) is 11.4. The largest absolute Gasteiger partial charge is 0.456 e. The number of primary sulfonamides is 1. The van der Waals surface area contributed by atoms with Crippen LogP contribution in [0, 0.1) is 11.6 Å². The van der Waals surface area contributed by atoms with Crippen molar-refractivity contribution >= 4 is 21.6 Å².